The van der Waals surface area contributed by atoms with Gasteiger partial charge < -0.3 is 14.0 Å². The Morgan fingerprint density at radius 1 is 1.26 bits per heavy atom. The predicted molar refractivity (Wildman–Crippen MR) is 130 cm³/mol. The van der Waals surface area contributed by atoms with Gasteiger partial charge in [-0.2, -0.15) is 5.26 Å². The number of benzene rings is 2. The molecule has 2 aromatic carbocycles. The minimum atomic E-state index is -2.31. The molecule has 162 valence electrons. The van der Waals surface area contributed by atoms with Crippen molar-refractivity contribution in [2.45, 2.75) is 51.3 Å². The third-order valence-corrected chi connectivity index (χ3v) is 7.72. The van der Waals surface area contributed by atoms with Crippen LogP contribution in [0.3, 0.4) is 0 Å². The number of nitrogens with zero attached hydrogens (tertiary/aromatic N) is 2. The molecule has 1 heterocycles. The number of ether oxygens (including phenoxy) is 1. The molecular formula is C25H29N3O2S. The van der Waals surface area contributed by atoms with Crippen LogP contribution >= 0.6 is 0 Å². The summed E-state index contributed by atoms with van der Waals surface area (Å²) < 4.78 is 23.8. The quantitative estimate of drug-likeness (QED) is 0.458. The van der Waals surface area contributed by atoms with Crippen molar-refractivity contribution >= 4 is 32.2 Å². The second kappa shape index (κ2) is 8.32. The van der Waals surface area contributed by atoms with Crippen LogP contribution in [0, 0.1) is 11.3 Å². The van der Waals surface area contributed by atoms with E-state index < -0.39 is 9.71 Å². The van der Waals surface area contributed by atoms with E-state index in [2.05, 4.69) is 42.0 Å². The maximum Gasteiger partial charge on any atom is 0.121 e. The fourth-order valence-electron chi connectivity index (χ4n) is 3.96. The first kappa shape index (κ1) is 21.3. The van der Waals surface area contributed by atoms with Crippen molar-refractivity contribution in [2.75, 3.05) is 11.3 Å². The van der Waals surface area contributed by atoms with Crippen molar-refractivity contribution in [3.63, 3.8) is 0 Å². The largest absolute Gasteiger partial charge is 0.494 e. The maximum absolute atomic E-state index is 12.7. The first-order valence-corrected chi connectivity index (χ1v) is 12.6. The third-order valence-electron chi connectivity index (χ3n) is 5.59. The van der Waals surface area contributed by atoms with Gasteiger partial charge in [-0.05, 0) is 68.8 Å². The van der Waals surface area contributed by atoms with Gasteiger partial charge in [0, 0.05) is 38.1 Å². The summed E-state index contributed by atoms with van der Waals surface area (Å²) in [5.41, 5.74) is 4.28. The third kappa shape index (κ3) is 4.15. The summed E-state index contributed by atoms with van der Waals surface area (Å²) >= 11 is 0. The molecule has 1 aliphatic carbocycles. The van der Waals surface area contributed by atoms with Crippen molar-refractivity contribution < 1.29 is 8.95 Å². The summed E-state index contributed by atoms with van der Waals surface area (Å²) in [5.74, 6) is 4.70. The standard InChI is InChI=1S/C25H29N3O2S/c1-5-14-30-20-10-13-22-23(16-26)25(28(17(2)3)24(22)15-20)18-6-8-19(9-7-18)27-31(4,29)21-11-12-21/h6-10,13,15,17,21H,4-5,11-12,14H2,1-3H3,(H,27,29). The van der Waals surface area contributed by atoms with E-state index >= 15 is 0 Å². The van der Waals surface area contributed by atoms with Crippen LogP contribution in [-0.2, 0) is 9.71 Å². The van der Waals surface area contributed by atoms with Crippen LogP contribution < -0.4 is 9.46 Å². The molecule has 1 aromatic heterocycles. The first-order valence-electron chi connectivity index (χ1n) is 10.8. The van der Waals surface area contributed by atoms with Gasteiger partial charge in [0.25, 0.3) is 0 Å². The second-order valence-electron chi connectivity index (χ2n) is 8.43. The average molecular weight is 436 g/mol. The van der Waals surface area contributed by atoms with Gasteiger partial charge in [0.15, 0.2) is 0 Å². The zero-order valence-corrected chi connectivity index (χ0v) is 19.2. The molecule has 0 saturated heterocycles. The van der Waals surface area contributed by atoms with Crippen LogP contribution in [0.2, 0.25) is 0 Å². The van der Waals surface area contributed by atoms with E-state index in [4.69, 9.17) is 4.74 Å². The Morgan fingerprint density at radius 3 is 2.55 bits per heavy atom. The van der Waals surface area contributed by atoms with Crippen molar-refractivity contribution in [3.05, 3.63) is 48.0 Å². The summed E-state index contributed by atoms with van der Waals surface area (Å²) in [6, 6.07) is 16.3. The molecule has 4 rings (SSSR count). The van der Waals surface area contributed by atoms with Crippen molar-refractivity contribution in [3.8, 4) is 23.1 Å². The van der Waals surface area contributed by atoms with Gasteiger partial charge in [0.2, 0.25) is 0 Å². The fourth-order valence-corrected chi connectivity index (χ4v) is 5.56. The van der Waals surface area contributed by atoms with Crippen LogP contribution in [0.5, 0.6) is 5.75 Å². The highest BCUT2D eigenvalue weighted by atomic mass is 32.2. The van der Waals surface area contributed by atoms with Crippen LogP contribution in [-0.4, -0.2) is 26.5 Å². The molecule has 31 heavy (non-hydrogen) atoms. The average Bonchev–Trinajstić information content (AvgIpc) is 3.55. The molecule has 1 saturated carbocycles. The van der Waals surface area contributed by atoms with E-state index in [9.17, 15) is 9.47 Å². The highest BCUT2D eigenvalue weighted by Gasteiger charge is 2.30. The Balaban J connectivity index is 1.78. The molecule has 0 radical (unpaired) electrons. The summed E-state index contributed by atoms with van der Waals surface area (Å²) in [5, 5.41) is 11.1. The summed E-state index contributed by atoms with van der Waals surface area (Å²) in [6.07, 6.45) is 2.88. The maximum atomic E-state index is 12.7. The SMILES string of the molecule is C=S(=O)(Nc1ccc(-c2c(C#N)c3ccc(OCCC)cc3n2C(C)C)cc1)C1CC1. The Bertz CT molecular complexity index is 1240. The lowest BCUT2D eigenvalue weighted by Gasteiger charge is -2.16. The van der Waals surface area contributed by atoms with Crippen molar-refractivity contribution in [1.82, 2.24) is 4.57 Å². The lowest BCUT2D eigenvalue weighted by atomic mass is 10.1. The van der Waals surface area contributed by atoms with Gasteiger partial charge in [-0.3, -0.25) is 0 Å². The smallest absolute Gasteiger partial charge is 0.121 e. The molecule has 0 spiro atoms. The molecule has 3 aromatic rings. The number of hydrogen-bond acceptors (Lipinski definition) is 3. The Hall–Kier alpha value is -2.91. The van der Waals surface area contributed by atoms with Gasteiger partial charge in [-0.1, -0.05) is 19.1 Å². The van der Waals surface area contributed by atoms with Crippen LogP contribution in [0.25, 0.3) is 22.2 Å². The number of hydrogen-bond donors (Lipinski definition) is 1. The summed E-state index contributed by atoms with van der Waals surface area (Å²) in [4.78, 5) is 0. The number of nitriles is 1. The van der Waals surface area contributed by atoms with Gasteiger partial charge in [0.05, 0.1) is 23.4 Å². The number of nitrogens with one attached hydrogen (secondary N) is 1. The minimum Gasteiger partial charge on any atom is -0.494 e. The van der Waals surface area contributed by atoms with Crippen molar-refractivity contribution in [2.24, 2.45) is 0 Å². The lowest BCUT2D eigenvalue weighted by molar-refractivity contribution is 0.317. The predicted octanol–water partition coefficient (Wildman–Crippen LogP) is 5.76. The van der Waals surface area contributed by atoms with E-state index in [1.165, 1.54) is 0 Å². The summed E-state index contributed by atoms with van der Waals surface area (Å²) in [7, 11) is -2.31. The first-order chi connectivity index (χ1) is 14.9. The molecule has 0 bridgehead atoms. The molecule has 1 aliphatic rings. The molecule has 1 atom stereocenters. The molecule has 6 heteroatoms. The normalized spacial score (nSPS) is 15.6. The van der Waals surface area contributed by atoms with E-state index in [1.807, 2.05) is 42.5 Å². The highest BCUT2D eigenvalue weighted by Crippen LogP contribution is 2.38. The monoisotopic (exact) mass is 435 g/mol. The molecule has 1 unspecified atom stereocenters. The molecule has 0 amide bonds. The zero-order chi connectivity index (χ0) is 22.2. The lowest BCUT2D eigenvalue weighted by Crippen LogP contribution is -2.16. The van der Waals surface area contributed by atoms with Crippen LogP contribution in [0.15, 0.2) is 42.5 Å². The highest BCUT2D eigenvalue weighted by molar-refractivity contribution is 8.02. The van der Waals surface area contributed by atoms with Crippen LogP contribution in [0.4, 0.5) is 5.69 Å². The number of anilines is 1. The second-order valence-corrected chi connectivity index (χ2v) is 10.8. The van der Waals surface area contributed by atoms with Gasteiger partial charge >= 0.3 is 0 Å². The van der Waals surface area contributed by atoms with E-state index in [0.717, 1.165) is 52.9 Å². The van der Waals surface area contributed by atoms with Gasteiger partial charge in [-0.25, -0.2) is 4.21 Å². The van der Waals surface area contributed by atoms with E-state index in [1.54, 1.807) is 0 Å². The topological polar surface area (TPSA) is 67.1 Å². The molecule has 1 N–H and O–H groups in total. The fraction of sp³-hybridized carbons (Fsp3) is 0.360. The zero-order valence-electron chi connectivity index (χ0n) is 18.4. The number of aromatic nitrogens is 1. The number of rotatable bonds is 8. The molecule has 1 fully saturated rings. The Kier molecular flexibility index (Phi) is 5.72. The number of fused-ring (bicyclic) bond motifs is 1. The summed E-state index contributed by atoms with van der Waals surface area (Å²) in [6.45, 7) is 6.98. The minimum absolute atomic E-state index is 0.160. The van der Waals surface area contributed by atoms with Gasteiger partial charge in [-0.15, -0.1) is 0 Å². The molecule has 0 aliphatic heterocycles. The van der Waals surface area contributed by atoms with Crippen LogP contribution in [0.1, 0.15) is 51.6 Å². The van der Waals surface area contributed by atoms with Gasteiger partial charge in [0.1, 0.15) is 11.8 Å². The van der Waals surface area contributed by atoms with E-state index in [0.29, 0.717) is 12.2 Å². The Morgan fingerprint density at radius 2 is 1.97 bits per heavy atom. The molecule has 5 nitrogen and oxygen atoms in total. The van der Waals surface area contributed by atoms with E-state index in [-0.39, 0.29) is 11.3 Å². The van der Waals surface area contributed by atoms with Crippen molar-refractivity contribution in [1.29, 1.82) is 5.26 Å². The Labute approximate surface area is 184 Å². The molecular weight excluding hydrogens is 406 g/mol.